The molecule has 1 aromatic rings. The molecule has 1 N–H and O–H groups in total. The minimum Gasteiger partial charge on any atom is -0.316 e. The van der Waals surface area contributed by atoms with E-state index < -0.39 is 0 Å². The summed E-state index contributed by atoms with van der Waals surface area (Å²) in [6.45, 7) is 13.6. The van der Waals surface area contributed by atoms with Crippen LogP contribution in [0.1, 0.15) is 43.9 Å². The highest BCUT2D eigenvalue weighted by atomic mass is 79.9. The van der Waals surface area contributed by atoms with Gasteiger partial charge in [0.25, 0.3) is 0 Å². The molecule has 1 heterocycles. The molecule has 0 spiro atoms. The van der Waals surface area contributed by atoms with Crippen LogP contribution in [0.3, 0.4) is 0 Å². The van der Waals surface area contributed by atoms with Gasteiger partial charge in [-0.05, 0) is 59.6 Å². The number of aryl methyl sites for hydroxylation is 2. The lowest BCUT2D eigenvalue weighted by Gasteiger charge is -2.25. The van der Waals surface area contributed by atoms with Gasteiger partial charge in [0, 0.05) is 20.8 Å². The Hall–Kier alpha value is 0.140. The number of hydrogen-bond acceptors (Lipinski definition) is 2. The molecule has 3 heteroatoms. The molecule has 0 aliphatic heterocycles. The van der Waals surface area contributed by atoms with Gasteiger partial charge in [0.15, 0.2) is 0 Å². The van der Waals surface area contributed by atoms with Crippen molar-refractivity contribution in [2.24, 2.45) is 11.3 Å². The van der Waals surface area contributed by atoms with Crippen molar-refractivity contribution >= 4 is 27.3 Å². The van der Waals surface area contributed by atoms with Crippen LogP contribution in [0.2, 0.25) is 0 Å². The lowest BCUT2D eigenvalue weighted by Crippen LogP contribution is -2.32. The van der Waals surface area contributed by atoms with Crippen molar-refractivity contribution in [1.29, 1.82) is 0 Å². The normalized spacial score (nSPS) is 12.4. The van der Waals surface area contributed by atoms with Crippen LogP contribution in [0.5, 0.6) is 0 Å². The molecule has 1 aromatic heterocycles. The van der Waals surface area contributed by atoms with E-state index in [1.54, 1.807) is 0 Å². The summed E-state index contributed by atoms with van der Waals surface area (Å²) in [5.41, 5.74) is 0.374. The van der Waals surface area contributed by atoms with Gasteiger partial charge in [-0.15, -0.1) is 11.3 Å². The van der Waals surface area contributed by atoms with Crippen LogP contribution in [0, 0.1) is 18.3 Å². The standard InChI is InChI=1S/C15H26BrNS/c1-11(2)9-17-10-15(4,5)7-6-13-8-14(16)12(3)18-13/h8,11,17H,6-7,9-10H2,1-5H3. The maximum atomic E-state index is 3.59. The summed E-state index contributed by atoms with van der Waals surface area (Å²) < 4.78 is 1.26. The SMILES string of the molecule is Cc1sc(CCC(C)(C)CNCC(C)C)cc1Br. The summed E-state index contributed by atoms with van der Waals surface area (Å²) in [7, 11) is 0. The maximum Gasteiger partial charge on any atom is 0.0314 e. The molecule has 18 heavy (non-hydrogen) atoms. The van der Waals surface area contributed by atoms with Crippen LogP contribution in [0.4, 0.5) is 0 Å². The summed E-state index contributed by atoms with van der Waals surface area (Å²) in [6.07, 6.45) is 2.43. The number of rotatable bonds is 7. The summed E-state index contributed by atoms with van der Waals surface area (Å²) in [5, 5.41) is 3.57. The predicted molar refractivity (Wildman–Crippen MR) is 86.6 cm³/mol. The van der Waals surface area contributed by atoms with E-state index in [1.165, 1.54) is 27.1 Å². The molecule has 0 saturated carbocycles. The van der Waals surface area contributed by atoms with Crippen LogP contribution in [-0.2, 0) is 6.42 Å². The Labute approximate surface area is 125 Å². The summed E-state index contributed by atoms with van der Waals surface area (Å²) in [4.78, 5) is 2.89. The van der Waals surface area contributed by atoms with Gasteiger partial charge in [-0.25, -0.2) is 0 Å². The molecule has 0 amide bonds. The van der Waals surface area contributed by atoms with Crippen molar-refractivity contribution in [1.82, 2.24) is 5.32 Å². The highest BCUT2D eigenvalue weighted by Crippen LogP contribution is 2.30. The summed E-state index contributed by atoms with van der Waals surface area (Å²) in [5.74, 6) is 0.733. The Balaban J connectivity index is 2.36. The van der Waals surface area contributed by atoms with Gasteiger partial charge in [0.05, 0.1) is 0 Å². The Morgan fingerprint density at radius 1 is 1.39 bits per heavy atom. The zero-order valence-electron chi connectivity index (χ0n) is 12.3. The number of nitrogens with one attached hydrogen (secondary N) is 1. The molecule has 0 bridgehead atoms. The molecule has 0 atom stereocenters. The van der Waals surface area contributed by atoms with E-state index in [-0.39, 0.29) is 0 Å². The lowest BCUT2D eigenvalue weighted by molar-refractivity contribution is 0.309. The zero-order valence-corrected chi connectivity index (χ0v) is 14.7. The fourth-order valence-electron chi connectivity index (χ4n) is 1.89. The minimum atomic E-state index is 0.374. The Bertz CT molecular complexity index is 349. The van der Waals surface area contributed by atoms with Gasteiger partial charge in [0.2, 0.25) is 0 Å². The average molecular weight is 332 g/mol. The third-order valence-electron chi connectivity index (χ3n) is 3.11. The van der Waals surface area contributed by atoms with E-state index >= 15 is 0 Å². The van der Waals surface area contributed by atoms with E-state index in [4.69, 9.17) is 0 Å². The average Bonchev–Trinajstić information content (AvgIpc) is 2.55. The van der Waals surface area contributed by atoms with Crippen molar-refractivity contribution < 1.29 is 0 Å². The smallest absolute Gasteiger partial charge is 0.0314 e. The molecule has 0 unspecified atom stereocenters. The molecule has 0 radical (unpaired) electrons. The van der Waals surface area contributed by atoms with Crippen LogP contribution < -0.4 is 5.32 Å². The van der Waals surface area contributed by atoms with E-state index in [2.05, 4.69) is 61.9 Å². The third kappa shape index (κ3) is 5.85. The Morgan fingerprint density at radius 2 is 2.06 bits per heavy atom. The molecule has 0 aliphatic rings. The van der Waals surface area contributed by atoms with E-state index in [0.29, 0.717) is 5.41 Å². The van der Waals surface area contributed by atoms with Crippen molar-refractivity contribution in [3.63, 3.8) is 0 Å². The molecule has 104 valence electrons. The third-order valence-corrected chi connectivity index (χ3v) is 5.31. The highest BCUT2D eigenvalue weighted by molar-refractivity contribution is 9.10. The number of hydrogen-bond donors (Lipinski definition) is 1. The molecule has 0 fully saturated rings. The second-order valence-electron chi connectivity index (χ2n) is 6.31. The lowest BCUT2D eigenvalue weighted by atomic mass is 9.87. The van der Waals surface area contributed by atoms with E-state index in [9.17, 15) is 0 Å². The van der Waals surface area contributed by atoms with Crippen molar-refractivity contribution in [2.45, 2.75) is 47.5 Å². The van der Waals surface area contributed by atoms with Crippen molar-refractivity contribution in [3.8, 4) is 0 Å². The molecule has 1 rings (SSSR count). The van der Waals surface area contributed by atoms with Gasteiger partial charge >= 0.3 is 0 Å². The topological polar surface area (TPSA) is 12.0 Å². The minimum absolute atomic E-state index is 0.374. The second kappa shape index (κ2) is 7.06. The van der Waals surface area contributed by atoms with Crippen molar-refractivity contribution in [3.05, 3.63) is 20.3 Å². The van der Waals surface area contributed by atoms with Gasteiger partial charge in [0.1, 0.15) is 0 Å². The fourth-order valence-corrected chi connectivity index (χ4v) is 3.49. The first-order valence-electron chi connectivity index (χ1n) is 6.76. The number of halogens is 1. The predicted octanol–water partition coefficient (Wildman–Crippen LogP) is 5.02. The van der Waals surface area contributed by atoms with Crippen LogP contribution in [0.25, 0.3) is 0 Å². The Kier molecular flexibility index (Phi) is 6.36. The molecule has 0 aromatic carbocycles. The first-order chi connectivity index (χ1) is 8.30. The molecule has 1 nitrogen and oxygen atoms in total. The zero-order chi connectivity index (χ0) is 13.8. The molecular weight excluding hydrogens is 306 g/mol. The molecule has 0 aliphatic carbocycles. The fraction of sp³-hybridized carbons (Fsp3) is 0.733. The van der Waals surface area contributed by atoms with Crippen LogP contribution >= 0.6 is 27.3 Å². The molecule has 0 saturated heterocycles. The quantitative estimate of drug-likeness (QED) is 0.739. The highest BCUT2D eigenvalue weighted by Gasteiger charge is 2.18. The van der Waals surface area contributed by atoms with Crippen LogP contribution in [-0.4, -0.2) is 13.1 Å². The van der Waals surface area contributed by atoms with E-state index in [1.807, 2.05) is 11.3 Å². The second-order valence-corrected chi connectivity index (χ2v) is 8.50. The van der Waals surface area contributed by atoms with Gasteiger partial charge in [-0.1, -0.05) is 27.7 Å². The monoisotopic (exact) mass is 331 g/mol. The largest absolute Gasteiger partial charge is 0.316 e. The summed E-state index contributed by atoms with van der Waals surface area (Å²) in [6, 6.07) is 2.28. The van der Waals surface area contributed by atoms with Gasteiger partial charge in [-0.2, -0.15) is 0 Å². The van der Waals surface area contributed by atoms with Gasteiger partial charge in [-0.3, -0.25) is 0 Å². The van der Waals surface area contributed by atoms with Gasteiger partial charge < -0.3 is 5.32 Å². The van der Waals surface area contributed by atoms with E-state index in [0.717, 1.165) is 19.0 Å². The molecular formula is C15H26BrNS. The first-order valence-corrected chi connectivity index (χ1v) is 8.36. The van der Waals surface area contributed by atoms with Crippen molar-refractivity contribution in [2.75, 3.05) is 13.1 Å². The Morgan fingerprint density at radius 3 is 2.56 bits per heavy atom. The van der Waals surface area contributed by atoms with Crippen LogP contribution in [0.15, 0.2) is 10.5 Å². The summed E-state index contributed by atoms with van der Waals surface area (Å²) >= 11 is 5.51. The number of thiophene rings is 1. The maximum absolute atomic E-state index is 3.59. The first kappa shape index (κ1) is 16.2.